The third-order valence-corrected chi connectivity index (χ3v) is 4.84. The second kappa shape index (κ2) is 13.8. The number of hydrogen-bond donors (Lipinski definition) is 1. The molecule has 0 heterocycles. The average Bonchev–Trinajstić information content (AvgIpc) is 2.75. The zero-order chi connectivity index (χ0) is 18.6. The summed E-state index contributed by atoms with van der Waals surface area (Å²) in [5.41, 5.74) is 9.60. The highest BCUT2D eigenvalue weighted by Gasteiger charge is 2.27. The lowest BCUT2D eigenvalue weighted by Gasteiger charge is -2.27. The zero-order valence-electron chi connectivity index (χ0n) is 17.6. The lowest BCUT2D eigenvalue weighted by Crippen LogP contribution is -2.17. The predicted octanol–water partition coefficient (Wildman–Crippen LogP) is 6.99. The van der Waals surface area contributed by atoms with Crippen molar-refractivity contribution in [3.8, 4) is 0 Å². The van der Waals surface area contributed by atoms with Crippen LogP contribution < -0.4 is 5.73 Å². The predicted molar refractivity (Wildman–Crippen MR) is 109 cm³/mol. The second-order valence-corrected chi connectivity index (χ2v) is 7.18. The maximum absolute atomic E-state index is 4.85. The first kappa shape index (κ1) is 24.7. The van der Waals surface area contributed by atoms with Crippen LogP contribution in [0.25, 0.3) is 0 Å². The molecule has 1 aliphatic carbocycles. The van der Waals surface area contributed by atoms with Gasteiger partial charge in [0.2, 0.25) is 0 Å². The third kappa shape index (κ3) is 8.74. The van der Waals surface area contributed by atoms with Crippen molar-refractivity contribution >= 4 is 0 Å². The molecule has 0 aromatic heterocycles. The topological polar surface area (TPSA) is 26.0 Å². The largest absolute Gasteiger partial charge is 0.331 e. The highest BCUT2D eigenvalue weighted by Crippen LogP contribution is 2.41. The van der Waals surface area contributed by atoms with Crippen molar-refractivity contribution in [3.05, 3.63) is 23.3 Å². The van der Waals surface area contributed by atoms with Gasteiger partial charge in [-0.1, -0.05) is 78.7 Å². The van der Waals surface area contributed by atoms with Gasteiger partial charge >= 0.3 is 0 Å². The van der Waals surface area contributed by atoms with Gasteiger partial charge in [-0.15, -0.1) is 0 Å². The Bertz CT molecular complexity index is 328. The highest BCUT2D eigenvalue weighted by atomic mass is 14.5. The van der Waals surface area contributed by atoms with E-state index < -0.39 is 0 Å². The molecule has 0 aliphatic heterocycles. The Morgan fingerprint density at radius 3 is 1.87 bits per heavy atom. The molecule has 1 heteroatoms. The highest BCUT2D eigenvalue weighted by molar-refractivity contribution is 5.34. The maximum Gasteiger partial charge on any atom is 0.00101 e. The summed E-state index contributed by atoms with van der Waals surface area (Å²) in [7, 11) is 0. The molecule has 1 nitrogen and oxygen atoms in total. The smallest absolute Gasteiger partial charge is 0.00101 e. The summed E-state index contributed by atoms with van der Waals surface area (Å²) in [5.74, 6) is 3.15. The summed E-state index contributed by atoms with van der Waals surface area (Å²) in [4.78, 5) is 0. The molecule has 0 radical (unpaired) electrons. The number of rotatable bonds is 6. The Hall–Kier alpha value is -0.560. The molecule has 1 unspecified atom stereocenters. The molecule has 1 rings (SSSR count). The van der Waals surface area contributed by atoms with Crippen molar-refractivity contribution in [3.63, 3.8) is 0 Å². The molecule has 0 aromatic carbocycles. The van der Waals surface area contributed by atoms with Gasteiger partial charge in [0.05, 0.1) is 0 Å². The summed E-state index contributed by atoms with van der Waals surface area (Å²) >= 11 is 0. The number of hydrogen-bond acceptors (Lipinski definition) is 1. The van der Waals surface area contributed by atoms with Crippen molar-refractivity contribution in [2.75, 3.05) is 6.54 Å². The summed E-state index contributed by atoms with van der Waals surface area (Å²) in [6, 6.07) is 0. The van der Waals surface area contributed by atoms with E-state index in [9.17, 15) is 0 Å². The molecule has 0 saturated heterocycles. The van der Waals surface area contributed by atoms with Gasteiger partial charge in [-0.25, -0.2) is 0 Å². The summed E-state index contributed by atoms with van der Waals surface area (Å²) in [6.45, 7) is 25.0. The molecule has 23 heavy (non-hydrogen) atoms. The Labute approximate surface area is 147 Å². The minimum absolute atomic E-state index is 0.690. The fourth-order valence-electron chi connectivity index (χ4n) is 3.84. The van der Waals surface area contributed by atoms with Crippen molar-refractivity contribution < 1.29 is 0 Å². The molecule has 138 valence electrons. The molecule has 1 aliphatic rings. The van der Waals surface area contributed by atoms with Gasteiger partial charge in [-0.05, 0) is 56.9 Å². The van der Waals surface area contributed by atoms with Gasteiger partial charge in [-0.2, -0.15) is 0 Å². The van der Waals surface area contributed by atoms with Crippen molar-refractivity contribution in [2.24, 2.45) is 29.4 Å². The van der Waals surface area contributed by atoms with E-state index in [-0.39, 0.29) is 0 Å². The van der Waals surface area contributed by atoms with E-state index in [4.69, 9.17) is 5.73 Å². The fraction of sp³-hybridized carbons (Fsp3) is 0.818. The van der Waals surface area contributed by atoms with Crippen LogP contribution in [0.5, 0.6) is 0 Å². The summed E-state index contributed by atoms with van der Waals surface area (Å²) in [5, 5.41) is 0. The van der Waals surface area contributed by atoms with Crippen LogP contribution in [-0.2, 0) is 0 Å². The van der Waals surface area contributed by atoms with Gasteiger partial charge in [0.15, 0.2) is 0 Å². The molecular weight excluding hydrogens is 278 g/mol. The standard InChI is InChI=1S/C18H32.C2H7N.C2H6/c1-8-16-14(6)11-15(7)18(16)10-9-17(12(2)3)13(4)5;1-2-3;1-2/h12-13,17-18H,7-11H2,1-6H3;2-3H2,1H3;1-2H3. The number of allylic oxidation sites excluding steroid dienone is 3. The minimum Gasteiger partial charge on any atom is -0.331 e. The minimum atomic E-state index is 0.690. The fourth-order valence-corrected chi connectivity index (χ4v) is 3.84. The molecule has 0 aromatic rings. The van der Waals surface area contributed by atoms with Gasteiger partial charge in [0.1, 0.15) is 0 Å². The van der Waals surface area contributed by atoms with E-state index in [0.717, 1.165) is 30.7 Å². The first-order chi connectivity index (χ1) is 10.8. The monoisotopic (exact) mass is 323 g/mol. The van der Waals surface area contributed by atoms with Crippen molar-refractivity contribution in [1.82, 2.24) is 0 Å². The van der Waals surface area contributed by atoms with Crippen LogP contribution in [0, 0.1) is 23.7 Å². The first-order valence-corrected chi connectivity index (χ1v) is 9.86. The van der Waals surface area contributed by atoms with Crippen LogP contribution in [0.15, 0.2) is 23.3 Å². The Morgan fingerprint density at radius 1 is 1.09 bits per heavy atom. The lowest BCUT2D eigenvalue weighted by atomic mass is 9.79. The van der Waals surface area contributed by atoms with E-state index in [1.165, 1.54) is 24.8 Å². The SMILES string of the molecule is C=C1CC(C)=C(CC)C1CCC(C(C)C)C(C)C.CC.CCN. The van der Waals surface area contributed by atoms with Crippen molar-refractivity contribution in [1.29, 1.82) is 0 Å². The van der Waals surface area contributed by atoms with Crippen molar-refractivity contribution in [2.45, 2.75) is 88.0 Å². The average molecular weight is 324 g/mol. The Morgan fingerprint density at radius 2 is 1.52 bits per heavy atom. The van der Waals surface area contributed by atoms with Gasteiger partial charge in [0.25, 0.3) is 0 Å². The molecule has 0 amide bonds. The normalized spacial score (nSPS) is 17.4. The van der Waals surface area contributed by atoms with Crippen LogP contribution in [0.2, 0.25) is 0 Å². The molecule has 2 N–H and O–H groups in total. The molecule has 1 atom stereocenters. The van der Waals surface area contributed by atoms with Crippen LogP contribution in [0.1, 0.15) is 88.0 Å². The Balaban J connectivity index is 0. The van der Waals surface area contributed by atoms with E-state index in [0.29, 0.717) is 5.92 Å². The Kier molecular flexibility index (Phi) is 14.9. The molecule has 0 fully saturated rings. The van der Waals surface area contributed by atoms with Crippen LogP contribution >= 0.6 is 0 Å². The quantitative estimate of drug-likeness (QED) is 0.524. The van der Waals surface area contributed by atoms with E-state index in [2.05, 4.69) is 48.1 Å². The lowest BCUT2D eigenvalue weighted by molar-refractivity contribution is 0.257. The molecule has 0 spiro atoms. The van der Waals surface area contributed by atoms with Crippen LogP contribution in [-0.4, -0.2) is 6.54 Å². The summed E-state index contributed by atoms with van der Waals surface area (Å²) in [6.07, 6.45) is 5.04. The van der Waals surface area contributed by atoms with Crippen LogP contribution in [0.3, 0.4) is 0 Å². The van der Waals surface area contributed by atoms with Gasteiger partial charge in [-0.3, -0.25) is 0 Å². The third-order valence-electron chi connectivity index (χ3n) is 4.84. The molecule has 0 bridgehead atoms. The molecule has 0 saturated carbocycles. The summed E-state index contributed by atoms with van der Waals surface area (Å²) < 4.78 is 0. The number of nitrogens with two attached hydrogens (primary N) is 1. The van der Waals surface area contributed by atoms with Gasteiger partial charge < -0.3 is 5.73 Å². The maximum atomic E-state index is 4.85. The zero-order valence-corrected chi connectivity index (χ0v) is 17.6. The second-order valence-electron chi connectivity index (χ2n) is 7.18. The van der Waals surface area contributed by atoms with E-state index in [1.54, 1.807) is 11.1 Å². The van der Waals surface area contributed by atoms with Gasteiger partial charge in [0, 0.05) is 5.92 Å². The molecular formula is C22H45N. The van der Waals surface area contributed by atoms with E-state index >= 15 is 0 Å². The van der Waals surface area contributed by atoms with E-state index in [1.807, 2.05) is 20.8 Å². The van der Waals surface area contributed by atoms with Crippen LogP contribution in [0.4, 0.5) is 0 Å². The first-order valence-electron chi connectivity index (χ1n) is 9.86.